The molecule has 0 saturated carbocycles. The van der Waals surface area contributed by atoms with Crippen LogP contribution in [0.3, 0.4) is 0 Å². The second-order valence-electron chi connectivity index (χ2n) is 8.49. The fourth-order valence-corrected chi connectivity index (χ4v) is 4.81. The van der Waals surface area contributed by atoms with Crippen LogP contribution in [0.5, 0.6) is 5.75 Å². The van der Waals surface area contributed by atoms with Crippen molar-refractivity contribution in [3.05, 3.63) is 55.4 Å². The van der Waals surface area contributed by atoms with Gasteiger partial charge in [-0.25, -0.2) is 4.79 Å². The summed E-state index contributed by atoms with van der Waals surface area (Å²) >= 11 is 6.30. The number of hydrogen-bond acceptors (Lipinski definition) is 6. The van der Waals surface area contributed by atoms with Crippen LogP contribution in [0.25, 0.3) is 22.6 Å². The Bertz CT molecular complexity index is 1520. The molecule has 1 aromatic carbocycles. The van der Waals surface area contributed by atoms with Gasteiger partial charge in [0, 0.05) is 49.6 Å². The number of nitrogens with zero attached hydrogens (tertiary/aromatic N) is 6. The quantitative estimate of drug-likeness (QED) is 0.427. The number of rotatable bonds is 5. The number of aromatic nitrogens is 5. The highest BCUT2D eigenvalue weighted by molar-refractivity contribution is 6.30. The average Bonchev–Trinajstić information content (AvgIpc) is 3.33. The van der Waals surface area contributed by atoms with E-state index in [1.807, 2.05) is 22.8 Å². The van der Waals surface area contributed by atoms with Gasteiger partial charge in [0.05, 0.1) is 26.0 Å². The summed E-state index contributed by atoms with van der Waals surface area (Å²) in [5, 5.41) is 0.550. The van der Waals surface area contributed by atoms with Gasteiger partial charge in [-0.15, -0.1) is 0 Å². The van der Waals surface area contributed by atoms with Crippen molar-refractivity contribution in [2.75, 3.05) is 40.0 Å². The third-order valence-electron chi connectivity index (χ3n) is 6.64. The number of morpholine rings is 1. The molecule has 34 heavy (non-hydrogen) atoms. The Morgan fingerprint density at radius 1 is 1.12 bits per heavy atom. The van der Waals surface area contributed by atoms with E-state index in [0.717, 1.165) is 24.5 Å². The lowest BCUT2D eigenvalue weighted by Crippen LogP contribution is -2.44. The number of ether oxygens (including phenoxy) is 2. The number of imidazole rings is 2. The SMILES string of the molecule is COc1ccc(Cl)cc1-n1c(C)c(C)n2c3c(=O)n(CCN4CCOCC4)c(=O)n(C)c3nc12. The highest BCUT2D eigenvalue weighted by Gasteiger charge is 2.24. The Hall–Kier alpha value is -3.08. The van der Waals surface area contributed by atoms with Gasteiger partial charge in [0.25, 0.3) is 5.56 Å². The van der Waals surface area contributed by atoms with Crippen molar-refractivity contribution < 1.29 is 9.47 Å². The topological polar surface area (TPSA) is 87.9 Å². The van der Waals surface area contributed by atoms with Gasteiger partial charge in [-0.1, -0.05) is 11.6 Å². The first-order valence-corrected chi connectivity index (χ1v) is 11.5. The molecular weight excluding hydrogens is 460 g/mol. The van der Waals surface area contributed by atoms with E-state index in [4.69, 9.17) is 26.1 Å². The smallest absolute Gasteiger partial charge is 0.332 e. The molecule has 1 aliphatic heterocycles. The minimum Gasteiger partial charge on any atom is -0.495 e. The highest BCUT2D eigenvalue weighted by Crippen LogP contribution is 2.31. The van der Waals surface area contributed by atoms with E-state index in [1.165, 1.54) is 9.13 Å². The molecule has 0 spiro atoms. The number of halogens is 1. The lowest BCUT2D eigenvalue weighted by atomic mass is 10.2. The monoisotopic (exact) mass is 486 g/mol. The van der Waals surface area contributed by atoms with Gasteiger partial charge in [0.2, 0.25) is 5.78 Å². The average molecular weight is 487 g/mol. The fourth-order valence-electron chi connectivity index (χ4n) is 4.64. The molecule has 0 unspecified atom stereocenters. The number of aryl methyl sites for hydroxylation is 2. The van der Waals surface area contributed by atoms with E-state index >= 15 is 0 Å². The molecule has 1 aliphatic rings. The fraction of sp³-hybridized carbons (Fsp3) is 0.435. The van der Waals surface area contributed by atoms with Crippen molar-refractivity contribution in [1.82, 2.24) is 28.0 Å². The van der Waals surface area contributed by atoms with E-state index in [0.29, 0.717) is 59.7 Å². The zero-order valence-electron chi connectivity index (χ0n) is 19.7. The van der Waals surface area contributed by atoms with Gasteiger partial charge < -0.3 is 9.47 Å². The molecule has 0 amide bonds. The molecule has 0 radical (unpaired) electrons. The van der Waals surface area contributed by atoms with Gasteiger partial charge in [-0.2, -0.15) is 4.98 Å². The summed E-state index contributed by atoms with van der Waals surface area (Å²) in [6.45, 7) is 7.69. The molecule has 4 aromatic rings. The van der Waals surface area contributed by atoms with Crippen LogP contribution in [-0.4, -0.2) is 67.9 Å². The standard InChI is InChI=1S/C23H27ClN6O4/c1-14-15(2)30-19-20(25-22(30)29(14)17-13-16(24)5-6-18(17)33-4)26(3)23(32)28(21(19)31)8-7-27-9-11-34-12-10-27/h5-6,13H,7-12H2,1-4H3. The lowest BCUT2D eigenvalue weighted by Gasteiger charge is -2.26. The largest absolute Gasteiger partial charge is 0.495 e. The molecule has 11 heteroatoms. The molecule has 1 saturated heterocycles. The first-order chi connectivity index (χ1) is 16.3. The van der Waals surface area contributed by atoms with E-state index in [1.54, 1.807) is 32.4 Å². The van der Waals surface area contributed by atoms with Crippen LogP contribution in [0.2, 0.25) is 5.02 Å². The molecular formula is C23H27ClN6O4. The lowest BCUT2D eigenvalue weighted by molar-refractivity contribution is 0.0361. The molecule has 3 aromatic heterocycles. The minimum atomic E-state index is -0.382. The van der Waals surface area contributed by atoms with Gasteiger partial charge in [0.1, 0.15) is 5.75 Å². The van der Waals surface area contributed by atoms with E-state index in [2.05, 4.69) is 4.90 Å². The van der Waals surface area contributed by atoms with Gasteiger partial charge in [-0.3, -0.25) is 27.8 Å². The summed E-state index contributed by atoms with van der Waals surface area (Å²) in [5.74, 6) is 1.14. The molecule has 1 fully saturated rings. The zero-order valence-corrected chi connectivity index (χ0v) is 20.4. The number of hydrogen-bond donors (Lipinski definition) is 0. The predicted octanol–water partition coefficient (Wildman–Crippen LogP) is 1.75. The van der Waals surface area contributed by atoms with Crippen molar-refractivity contribution in [2.45, 2.75) is 20.4 Å². The van der Waals surface area contributed by atoms with Crippen molar-refractivity contribution in [1.29, 1.82) is 0 Å². The minimum absolute atomic E-state index is 0.301. The molecule has 0 atom stereocenters. The Kier molecular flexibility index (Phi) is 5.75. The Morgan fingerprint density at radius 3 is 2.56 bits per heavy atom. The Labute approximate surface area is 200 Å². The van der Waals surface area contributed by atoms with Crippen LogP contribution in [-0.2, 0) is 18.3 Å². The summed E-state index contributed by atoms with van der Waals surface area (Å²) in [6, 6.07) is 5.34. The van der Waals surface area contributed by atoms with E-state index < -0.39 is 0 Å². The first-order valence-electron chi connectivity index (χ1n) is 11.2. The molecule has 180 valence electrons. The molecule has 5 rings (SSSR count). The summed E-state index contributed by atoms with van der Waals surface area (Å²) in [6.07, 6.45) is 0. The number of fused-ring (bicyclic) bond motifs is 3. The molecule has 4 heterocycles. The molecule has 10 nitrogen and oxygen atoms in total. The van der Waals surface area contributed by atoms with Gasteiger partial charge in [-0.05, 0) is 32.0 Å². The Balaban J connectivity index is 1.74. The van der Waals surface area contributed by atoms with Gasteiger partial charge in [0.15, 0.2) is 11.2 Å². The van der Waals surface area contributed by atoms with Crippen LogP contribution in [0.15, 0.2) is 27.8 Å². The maximum Gasteiger partial charge on any atom is 0.332 e. The maximum atomic E-state index is 13.6. The third kappa shape index (κ3) is 3.44. The normalized spacial score (nSPS) is 15.0. The van der Waals surface area contributed by atoms with Crippen LogP contribution < -0.4 is 16.0 Å². The summed E-state index contributed by atoms with van der Waals surface area (Å²) in [5.41, 5.74) is 2.42. The second-order valence-corrected chi connectivity index (χ2v) is 8.93. The second kappa shape index (κ2) is 8.61. The van der Waals surface area contributed by atoms with Crippen LogP contribution in [0, 0.1) is 13.8 Å². The summed E-state index contributed by atoms with van der Waals surface area (Å²) in [4.78, 5) is 33.7. The van der Waals surface area contributed by atoms with Crippen LogP contribution in [0.1, 0.15) is 11.4 Å². The summed E-state index contributed by atoms with van der Waals surface area (Å²) in [7, 11) is 3.24. The van der Waals surface area contributed by atoms with Gasteiger partial charge >= 0.3 is 5.69 Å². The van der Waals surface area contributed by atoms with Crippen molar-refractivity contribution in [3.8, 4) is 11.4 Å². The zero-order chi connectivity index (χ0) is 24.1. The van der Waals surface area contributed by atoms with Crippen LogP contribution in [0.4, 0.5) is 0 Å². The number of benzene rings is 1. The van der Waals surface area contributed by atoms with Crippen molar-refractivity contribution >= 4 is 28.5 Å². The van der Waals surface area contributed by atoms with E-state index in [9.17, 15) is 9.59 Å². The van der Waals surface area contributed by atoms with Crippen LogP contribution >= 0.6 is 11.6 Å². The highest BCUT2D eigenvalue weighted by atomic mass is 35.5. The Morgan fingerprint density at radius 2 is 1.85 bits per heavy atom. The summed E-state index contributed by atoms with van der Waals surface area (Å²) < 4.78 is 17.4. The number of methoxy groups -OCH3 is 1. The molecule has 0 bridgehead atoms. The predicted molar refractivity (Wildman–Crippen MR) is 130 cm³/mol. The van der Waals surface area contributed by atoms with Crippen molar-refractivity contribution in [3.63, 3.8) is 0 Å². The molecule has 0 aliphatic carbocycles. The first kappa shape index (κ1) is 22.7. The third-order valence-corrected chi connectivity index (χ3v) is 6.88. The molecule has 0 N–H and O–H groups in total. The van der Waals surface area contributed by atoms with Crippen molar-refractivity contribution in [2.24, 2.45) is 7.05 Å². The maximum absolute atomic E-state index is 13.6. The van der Waals surface area contributed by atoms with E-state index in [-0.39, 0.29) is 11.2 Å².